The fraction of sp³-hybridized carbons (Fsp3) is 0.214. The van der Waals surface area contributed by atoms with Crippen LogP contribution in [0.2, 0.25) is 0 Å². The van der Waals surface area contributed by atoms with Crippen LogP contribution in [0.4, 0.5) is 0 Å². The topological polar surface area (TPSA) is 132 Å². The molecule has 2 aliphatic rings. The number of hydrogen-bond acceptors (Lipinski definition) is 8. The summed E-state index contributed by atoms with van der Waals surface area (Å²) in [5.74, 6) is -3.70. The van der Waals surface area contributed by atoms with E-state index in [9.17, 15) is 28.8 Å². The van der Waals surface area contributed by atoms with Crippen LogP contribution in [-0.2, 0) is 28.8 Å². The van der Waals surface area contributed by atoms with Gasteiger partial charge in [-0.3, -0.25) is 38.6 Å². The lowest BCUT2D eigenvalue weighted by atomic mass is 10.2. The third-order valence-electron chi connectivity index (χ3n) is 5.99. The molecule has 40 heavy (non-hydrogen) atoms. The highest BCUT2D eigenvalue weighted by molar-refractivity contribution is 8.04. The van der Waals surface area contributed by atoms with Gasteiger partial charge in [0, 0.05) is 54.5 Å². The van der Waals surface area contributed by atoms with E-state index in [2.05, 4.69) is 0 Å². The van der Waals surface area contributed by atoms with E-state index in [4.69, 9.17) is 5.11 Å². The normalized spacial score (nSPS) is 15.0. The lowest BCUT2D eigenvalue weighted by Crippen LogP contribution is -2.45. The quantitative estimate of drug-likeness (QED) is 0.356. The third-order valence-corrected chi connectivity index (χ3v) is 8.03. The Morgan fingerprint density at radius 1 is 0.675 bits per heavy atom. The first kappa shape index (κ1) is 28.8. The minimum absolute atomic E-state index is 0.0810. The van der Waals surface area contributed by atoms with Crippen LogP contribution in [0.5, 0.6) is 0 Å². The van der Waals surface area contributed by atoms with Gasteiger partial charge < -0.3 is 10.0 Å². The molecule has 2 aromatic rings. The van der Waals surface area contributed by atoms with Crippen molar-refractivity contribution in [1.29, 1.82) is 0 Å². The number of aliphatic carboxylic acids is 1. The SMILES string of the molecule is O=C(O)CCC(=O)N(CCN1C(=O)C=C(Sc2ccccc2)C1=O)CCN1C(=O)C=C(Sc2ccccc2)C1=O. The zero-order valence-corrected chi connectivity index (χ0v) is 22.9. The molecule has 0 radical (unpaired) electrons. The van der Waals surface area contributed by atoms with Crippen molar-refractivity contribution in [2.75, 3.05) is 26.2 Å². The summed E-state index contributed by atoms with van der Waals surface area (Å²) in [6, 6.07) is 18.2. The number of nitrogens with zero attached hydrogens (tertiary/aromatic N) is 3. The standard InChI is InChI=1S/C28H25N3O7S2/c32-23(11-12-26(35)36)29(13-15-30-24(33)17-21(27(30)37)39-19-7-3-1-4-8-19)14-16-31-25(34)18-22(28(31)38)40-20-9-5-2-6-10-20/h1-10,17-18H,11-16H2,(H,35,36). The molecule has 1 N–H and O–H groups in total. The van der Waals surface area contributed by atoms with Crippen molar-refractivity contribution >= 4 is 59.0 Å². The first-order valence-corrected chi connectivity index (χ1v) is 14.0. The van der Waals surface area contributed by atoms with Crippen molar-refractivity contribution < 1.29 is 33.9 Å². The molecule has 5 amide bonds. The minimum Gasteiger partial charge on any atom is -0.481 e. The lowest BCUT2D eigenvalue weighted by molar-refractivity contribution is -0.142. The van der Waals surface area contributed by atoms with E-state index < -0.39 is 41.9 Å². The summed E-state index contributed by atoms with van der Waals surface area (Å²) in [4.78, 5) is 80.1. The number of carbonyl (C=O) groups is 6. The maximum absolute atomic E-state index is 12.9. The number of hydrogen-bond donors (Lipinski definition) is 1. The Kier molecular flexibility index (Phi) is 9.56. The molecule has 0 saturated carbocycles. The van der Waals surface area contributed by atoms with E-state index in [1.54, 1.807) is 0 Å². The highest BCUT2D eigenvalue weighted by atomic mass is 32.2. The first-order chi connectivity index (χ1) is 19.2. The number of amides is 5. The van der Waals surface area contributed by atoms with Gasteiger partial charge in [0.2, 0.25) is 5.91 Å². The van der Waals surface area contributed by atoms with Gasteiger partial charge in [0.05, 0.1) is 16.2 Å². The van der Waals surface area contributed by atoms with Crippen LogP contribution in [-0.4, -0.2) is 81.5 Å². The number of carboxylic acid groups (broad SMARTS) is 1. The maximum Gasteiger partial charge on any atom is 0.303 e. The maximum atomic E-state index is 12.9. The van der Waals surface area contributed by atoms with Gasteiger partial charge in [-0.25, -0.2) is 0 Å². The first-order valence-electron chi connectivity index (χ1n) is 12.3. The van der Waals surface area contributed by atoms with Crippen LogP contribution in [0.3, 0.4) is 0 Å². The Morgan fingerprint density at radius 3 is 1.50 bits per heavy atom. The summed E-state index contributed by atoms with van der Waals surface area (Å²) in [6.07, 6.45) is 1.78. The fourth-order valence-electron chi connectivity index (χ4n) is 3.95. The van der Waals surface area contributed by atoms with E-state index in [0.717, 1.165) is 43.1 Å². The van der Waals surface area contributed by atoms with Crippen molar-refractivity contribution in [3.05, 3.63) is 82.6 Å². The molecule has 0 spiro atoms. The van der Waals surface area contributed by atoms with Gasteiger partial charge in [0.15, 0.2) is 0 Å². The predicted molar refractivity (Wildman–Crippen MR) is 148 cm³/mol. The van der Waals surface area contributed by atoms with Crippen LogP contribution >= 0.6 is 23.5 Å². The van der Waals surface area contributed by atoms with Gasteiger partial charge in [-0.15, -0.1) is 0 Å². The van der Waals surface area contributed by atoms with Gasteiger partial charge in [-0.2, -0.15) is 0 Å². The van der Waals surface area contributed by atoms with E-state index in [0.29, 0.717) is 0 Å². The molecule has 4 rings (SSSR count). The largest absolute Gasteiger partial charge is 0.481 e. The highest BCUT2D eigenvalue weighted by Crippen LogP contribution is 2.32. The van der Waals surface area contributed by atoms with Crippen molar-refractivity contribution in [3.63, 3.8) is 0 Å². The Hall–Kier alpha value is -4.16. The van der Waals surface area contributed by atoms with E-state index in [-0.39, 0.29) is 42.4 Å². The zero-order valence-electron chi connectivity index (χ0n) is 21.2. The number of imide groups is 2. The third kappa shape index (κ3) is 7.27. The van der Waals surface area contributed by atoms with Crippen LogP contribution in [0, 0.1) is 0 Å². The van der Waals surface area contributed by atoms with Gasteiger partial charge in [-0.05, 0) is 24.3 Å². The van der Waals surface area contributed by atoms with Gasteiger partial charge in [-0.1, -0.05) is 59.9 Å². The monoisotopic (exact) mass is 579 g/mol. The van der Waals surface area contributed by atoms with Gasteiger partial charge >= 0.3 is 5.97 Å². The smallest absolute Gasteiger partial charge is 0.303 e. The summed E-state index contributed by atoms with van der Waals surface area (Å²) in [5.41, 5.74) is 0. The summed E-state index contributed by atoms with van der Waals surface area (Å²) < 4.78 is 0. The molecule has 0 unspecified atom stereocenters. The molecule has 0 aromatic heterocycles. The molecule has 2 aliphatic heterocycles. The lowest BCUT2D eigenvalue weighted by Gasteiger charge is -2.27. The highest BCUT2D eigenvalue weighted by Gasteiger charge is 2.34. The Bertz CT molecular complexity index is 1300. The number of carboxylic acids is 1. The van der Waals surface area contributed by atoms with Crippen LogP contribution in [0.1, 0.15) is 12.8 Å². The predicted octanol–water partition coefficient (Wildman–Crippen LogP) is 2.77. The number of benzene rings is 2. The molecule has 2 heterocycles. The zero-order chi connectivity index (χ0) is 28.6. The van der Waals surface area contributed by atoms with E-state index in [1.807, 2.05) is 60.7 Å². The summed E-state index contributed by atoms with van der Waals surface area (Å²) in [7, 11) is 0. The molecule has 0 fully saturated rings. The second-order valence-corrected chi connectivity index (χ2v) is 10.9. The molecule has 206 valence electrons. The van der Waals surface area contributed by atoms with Gasteiger partial charge in [0.1, 0.15) is 0 Å². The van der Waals surface area contributed by atoms with E-state index >= 15 is 0 Å². The molecule has 0 saturated heterocycles. The Balaban J connectivity index is 1.37. The van der Waals surface area contributed by atoms with Crippen LogP contribution < -0.4 is 0 Å². The van der Waals surface area contributed by atoms with E-state index in [1.165, 1.54) is 17.1 Å². The summed E-state index contributed by atoms with van der Waals surface area (Å²) >= 11 is 2.32. The van der Waals surface area contributed by atoms with Crippen molar-refractivity contribution in [2.24, 2.45) is 0 Å². The number of rotatable bonds is 13. The van der Waals surface area contributed by atoms with Crippen molar-refractivity contribution in [3.8, 4) is 0 Å². The fourth-order valence-corrected chi connectivity index (χ4v) is 5.75. The average Bonchev–Trinajstić information content (AvgIpc) is 3.36. The molecule has 0 aliphatic carbocycles. The molecule has 2 aromatic carbocycles. The summed E-state index contributed by atoms with van der Waals surface area (Å²) in [5, 5.41) is 9.00. The molecular formula is C28H25N3O7S2. The van der Waals surface area contributed by atoms with Crippen LogP contribution in [0.15, 0.2) is 92.4 Å². The number of carbonyl (C=O) groups excluding carboxylic acids is 5. The van der Waals surface area contributed by atoms with Crippen molar-refractivity contribution in [1.82, 2.24) is 14.7 Å². The average molecular weight is 580 g/mol. The Labute approximate surface area is 238 Å². The Morgan fingerprint density at radius 2 is 1.10 bits per heavy atom. The van der Waals surface area contributed by atoms with Crippen LogP contribution in [0.25, 0.3) is 0 Å². The van der Waals surface area contributed by atoms with Gasteiger partial charge in [0.25, 0.3) is 23.6 Å². The molecule has 12 heteroatoms. The second kappa shape index (κ2) is 13.3. The van der Waals surface area contributed by atoms with Crippen molar-refractivity contribution in [2.45, 2.75) is 22.6 Å². The summed E-state index contributed by atoms with van der Waals surface area (Å²) in [6.45, 7) is -0.410. The molecule has 0 atom stereocenters. The molecule has 10 nitrogen and oxygen atoms in total. The molecule has 0 bridgehead atoms. The second-order valence-electron chi connectivity index (χ2n) is 8.71. The minimum atomic E-state index is -1.15. The number of thioether (sulfide) groups is 2. The molecular weight excluding hydrogens is 554 g/mol.